The lowest BCUT2D eigenvalue weighted by atomic mass is 9.89. The summed E-state index contributed by atoms with van der Waals surface area (Å²) in [5.41, 5.74) is 2.17. The highest BCUT2D eigenvalue weighted by atomic mass is 16.5. The van der Waals surface area contributed by atoms with Gasteiger partial charge in [-0.3, -0.25) is 4.79 Å². The van der Waals surface area contributed by atoms with Gasteiger partial charge in [0.2, 0.25) is 0 Å². The van der Waals surface area contributed by atoms with E-state index in [2.05, 4.69) is 31.6 Å². The first kappa shape index (κ1) is 17.9. The van der Waals surface area contributed by atoms with Gasteiger partial charge < -0.3 is 4.74 Å². The molecule has 0 aromatic heterocycles. The number of hydrogen-bond acceptors (Lipinski definition) is 2. The molecule has 1 aromatic carbocycles. The van der Waals surface area contributed by atoms with Gasteiger partial charge in [0.1, 0.15) is 5.75 Å². The Bertz CT molecular complexity index is 634. The Labute approximate surface area is 134 Å². The predicted octanol–water partition coefficient (Wildman–Crippen LogP) is 4.42. The van der Waals surface area contributed by atoms with Crippen LogP contribution in [0.1, 0.15) is 67.9 Å². The molecule has 2 heteroatoms. The van der Waals surface area contributed by atoms with Gasteiger partial charge in [0.05, 0.1) is 7.11 Å². The summed E-state index contributed by atoms with van der Waals surface area (Å²) >= 11 is 0. The number of methoxy groups -OCH3 is 1. The van der Waals surface area contributed by atoms with Crippen LogP contribution in [0, 0.1) is 29.6 Å². The summed E-state index contributed by atoms with van der Waals surface area (Å²) < 4.78 is 5.41. The van der Waals surface area contributed by atoms with Gasteiger partial charge in [-0.1, -0.05) is 25.7 Å². The third-order valence-electron chi connectivity index (χ3n) is 3.64. The van der Waals surface area contributed by atoms with Gasteiger partial charge in [0, 0.05) is 23.0 Å². The van der Waals surface area contributed by atoms with Crippen molar-refractivity contribution in [3.63, 3.8) is 0 Å². The van der Waals surface area contributed by atoms with Crippen molar-refractivity contribution in [2.45, 2.75) is 46.5 Å². The van der Waals surface area contributed by atoms with E-state index in [9.17, 15) is 4.79 Å². The van der Waals surface area contributed by atoms with Crippen LogP contribution in [0.25, 0.3) is 0 Å². The minimum absolute atomic E-state index is 0.151. The molecule has 0 saturated carbocycles. The zero-order valence-electron chi connectivity index (χ0n) is 14.1. The van der Waals surface area contributed by atoms with Crippen LogP contribution >= 0.6 is 0 Å². The number of aldehydes is 1. The number of hydrogen-bond donors (Lipinski definition) is 0. The molecule has 116 valence electrons. The molecule has 0 N–H and O–H groups in total. The van der Waals surface area contributed by atoms with Crippen molar-refractivity contribution in [3.8, 4) is 29.9 Å². The fourth-order valence-corrected chi connectivity index (χ4v) is 2.05. The maximum Gasteiger partial charge on any atom is 0.151 e. The minimum Gasteiger partial charge on any atom is -0.496 e. The van der Waals surface area contributed by atoms with Crippen molar-refractivity contribution in [2.24, 2.45) is 5.41 Å². The molecule has 1 aromatic rings. The molecule has 0 unspecified atom stereocenters. The fourth-order valence-electron chi connectivity index (χ4n) is 2.05. The molecule has 0 saturated heterocycles. The molecule has 0 bridgehead atoms. The Morgan fingerprint density at radius 3 is 2.55 bits per heavy atom. The second-order valence-corrected chi connectivity index (χ2v) is 6.28. The van der Waals surface area contributed by atoms with E-state index >= 15 is 0 Å². The highest BCUT2D eigenvalue weighted by Crippen LogP contribution is 2.29. The Morgan fingerprint density at radius 1 is 1.36 bits per heavy atom. The molecule has 0 fully saturated rings. The van der Waals surface area contributed by atoms with Gasteiger partial charge >= 0.3 is 0 Å². The molecular formula is C20H24O2. The Hall–Kier alpha value is -2.19. The highest BCUT2D eigenvalue weighted by Gasteiger charge is 2.13. The first-order valence-electron chi connectivity index (χ1n) is 7.48. The van der Waals surface area contributed by atoms with Crippen molar-refractivity contribution >= 4 is 6.29 Å². The van der Waals surface area contributed by atoms with Crippen molar-refractivity contribution in [3.05, 3.63) is 28.8 Å². The lowest BCUT2D eigenvalue weighted by Gasteiger charge is -2.14. The molecule has 0 atom stereocenters. The van der Waals surface area contributed by atoms with Crippen LogP contribution in [0.2, 0.25) is 0 Å². The molecule has 0 radical (unpaired) electrons. The number of terminal acetylenes is 1. The summed E-state index contributed by atoms with van der Waals surface area (Å²) in [5.74, 6) is 9.99. The number of carbonyl (C=O) groups is 1. The standard InChI is InChI=1S/C20H24O2/c1-7-20(4,5)11-9-8-10-16-13-19(22-6)18(15(2)3)12-17(16)14-21/h1,12-15H,9,11H2,2-6H3. The molecule has 2 nitrogen and oxygen atoms in total. The van der Waals surface area contributed by atoms with Crippen LogP contribution in [0.15, 0.2) is 12.1 Å². The lowest BCUT2D eigenvalue weighted by Crippen LogP contribution is -2.06. The van der Waals surface area contributed by atoms with E-state index in [0.717, 1.165) is 24.0 Å². The molecule has 22 heavy (non-hydrogen) atoms. The maximum atomic E-state index is 11.3. The number of benzene rings is 1. The molecule has 0 aliphatic heterocycles. The first-order chi connectivity index (χ1) is 10.3. The largest absolute Gasteiger partial charge is 0.496 e. The van der Waals surface area contributed by atoms with E-state index in [1.807, 2.05) is 26.0 Å². The van der Waals surface area contributed by atoms with E-state index in [1.165, 1.54) is 0 Å². The van der Waals surface area contributed by atoms with E-state index in [0.29, 0.717) is 17.5 Å². The smallest absolute Gasteiger partial charge is 0.151 e. The van der Waals surface area contributed by atoms with Crippen LogP contribution in [0.3, 0.4) is 0 Å². The van der Waals surface area contributed by atoms with Crippen LogP contribution in [0.5, 0.6) is 5.75 Å². The minimum atomic E-state index is -0.151. The van der Waals surface area contributed by atoms with Gasteiger partial charge in [-0.2, -0.15) is 0 Å². The quantitative estimate of drug-likeness (QED) is 0.594. The predicted molar refractivity (Wildman–Crippen MR) is 91.2 cm³/mol. The molecular weight excluding hydrogens is 272 g/mol. The van der Waals surface area contributed by atoms with Crippen LogP contribution < -0.4 is 4.74 Å². The molecule has 0 heterocycles. The average Bonchev–Trinajstić information content (AvgIpc) is 2.50. The number of rotatable bonds is 5. The Morgan fingerprint density at radius 2 is 2.05 bits per heavy atom. The molecule has 1 rings (SSSR count). The average molecular weight is 296 g/mol. The lowest BCUT2D eigenvalue weighted by molar-refractivity contribution is 0.112. The van der Waals surface area contributed by atoms with Crippen molar-refractivity contribution in [1.29, 1.82) is 0 Å². The van der Waals surface area contributed by atoms with Crippen LogP contribution in [-0.2, 0) is 0 Å². The highest BCUT2D eigenvalue weighted by molar-refractivity contribution is 5.80. The Kier molecular flexibility index (Phi) is 6.26. The second kappa shape index (κ2) is 7.71. The second-order valence-electron chi connectivity index (χ2n) is 6.28. The number of carbonyl (C=O) groups excluding carboxylic acids is 1. The third kappa shape index (κ3) is 4.68. The summed E-state index contributed by atoms with van der Waals surface area (Å²) in [7, 11) is 1.63. The molecule has 0 spiro atoms. The molecule has 0 amide bonds. The summed E-state index contributed by atoms with van der Waals surface area (Å²) in [6, 6.07) is 3.71. The van der Waals surface area contributed by atoms with Gasteiger partial charge in [-0.05, 0) is 43.9 Å². The van der Waals surface area contributed by atoms with Gasteiger partial charge in [-0.25, -0.2) is 0 Å². The summed E-state index contributed by atoms with van der Waals surface area (Å²) in [6.45, 7) is 8.18. The monoisotopic (exact) mass is 296 g/mol. The molecule has 0 aliphatic carbocycles. The van der Waals surface area contributed by atoms with E-state index in [-0.39, 0.29) is 11.3 Å². The summed E-state index contributed by atoms with van der Waals surface area (Å²) in [5, 5.41) is 0. The number of ether oxygens (including phenoxy) is 1. The Balaban J connectivity index is 3.06. The van der Waals surface area contributed by atoms with Crippen molar-refractivity contribution in [2.75, 3.05) is 7.11 Å². The first-order valence-corrected chi connectivity index (χ1v) is 7.48. The fraction of sp³-hybridized carbons (Fsp3) is 0.450. The van der Waals surface area contributed by atoms with E-state index < -0.39 is 0 Å². The topological polar surface area (TPSA) is 26.3 Å². The van der Waals surface area contributed by atoms with Gasteiger partial charge in [-0.15, -0.1) is 12.3 Å². The van der Waals surface area contributed by atoms with Crippen LogP contribution in [-0.4, -0.2) is 13.4 Å². The normalized spacial score (nSPS) is 10.6. The van der Waals surface area contributed by atoms with E-state index in [4.69, 9.17) is 11.2 Å². The third-order valence-corrected chi connectivity index (χ3v) is 3.64. The zero-order valence-corrected chi connectivity index (χ0v) is 14.1. The summed E-state index contributed by atoms with van der Waals surface area (Å²) in [4.78, 5) is 11.3. The summed E-state index contributed by atoms with van der Waals surface area (Å²) in [6.07, 6.45) is 7.84. The van der Waals surface area contributed by atoms with Crippen molar-refractivity contribution < 1.29 is 9.53 Å². The van der Waals surface area contributed by atoms with Gasteiger partial charge in [0.15, 0.2) is 6.29 Å². The van der Waals surface area contributed by atoms with Crippen molar-refractivity contribution in [1.82, 2.24) is 0 Å². The molecule has 0 aliphatic rings. The maximum absolute atomic E-state index is 11.3. The van der Waals surface area contributed by atoms with Gasteiger partial charge in [0.25, 0.3) is 0 Å². The zero-order chi connectivity index (χ0) is 16.8. The van der Waals surface area contributed by atoms with Crippen LogP contribution in [0.4, 0.5) is 0 Å². The SMILES string of the molecule is C#CC(C)(C)CCC#Cc1cc(OC)c(C(C)C)cc1C=O. The van der Waals surface area contributed by atoms with E-state index in [1.54, 1.807) is 7.11 Å².